The molecule has 0 radical (unpaired) electrons. The Morgan fingerprint density at radius 1 is 1.21 bits per heavy atom. The molecule has 6 heteroatoms. The van der Waals surface area contributed by atoms with Gasteiger partial charge in [-0.2, -0.15) is 0 Å². The number of carbonyl (C=O) groups is 1. The van der Waals surface area contributed by atoms with E-state index in [-0.39, 0.29) is 24.2 Å². The first-order chi connectivity index (χ1) is 11.5. The quantitative estimate of drug-likeness (QED) is 0.738. The van der Waals surface area contributed by atoms with Gasteiger partial charge >= 0.3 is 5.69 Å². The summed E-state index contributed by atoms with van der Waals surface area (Å²) in [5, 5.41) is 4.20. The number of aromatic nitrogens is 3. The van der Waals surface area contributed by atoms with Crippen LogP contribution in [0.2, 0.25) is 0 Å². The van der Waals surface area contributed by atoms with Gasteiger partial charge in [-0.15, -0.1) is 5.10 Å². The van der Waals surface area contributed by atoms with E-state index in [4.69, 9.17) is 0 Å². The Labute approximate surface area is 139 Å². The molecule has 6 nitrogen and oxygen atoms in total. The van der Waals surface area contributed by atoms with Gasteiger partial charge in [-0.05, 0) is 31.5 Å². The fourth-order valence-corrected chi connectivity index (χ4v) is 2.60. The second-order valence-electron chi connectivity index (χ2n) is 5.96. The first kappa shape index (κ1) is 16.0. The molecule has 1 unspecified atom stereocenters. The Kier molecular flexibility index (Phi) is 4.20. The first-order valence-electron chi connectivity index (χ1n) is 7.84. The molecule has 1 aromatic carbocycles. The highest BCUT2D eigenvalue weighted by atomic mass is 16.2. The van der Waals surface area contributed by atoms with E-state index < -0.39 is 0 Å². The highest BCUT2D eigenvalue weighted by Crippen LogP contribution is 2.19. The number of likely N-dealkylation sites (N-methyl/N-ethyl adjacent to an activating group) is 1. The number of rotatable bonds is 4. The van der Waals surface area contributed by atoms with E-state index in [1.165, 1.54) is 14.6 Å². The van der Waals surface area contributed by atoms with Gasteiger partial charge in [0.05, 0.1) is 6.04 Å². The third kappa shape index (κ3) is 2.95. The molecule has 1 atom stereocenters. The van der Waals surface area contributed by atoms with E-state index in [9.17, 15) is 9.59 Å². The van der Waals surface area contributed by atoms with Crippen molar-refractivity contribution in [2.24, 2.45) is 0 Å². The zero-order valence-corrected chi connectivity index (χ0v) is 14.0. The molecule has 0 aliphatic rings. The summed E-state index contributed by atoms with van der Waals surface area (Å²) < 4.78 is 2.63. The highest BCUT2D eigenvalue weighted by Gasteiger charge is 2.19. The van der Waals surface area contributed by atoms with Crippen molar-refractivity contribution in [3.05, 3.63) is 70.3 Å². The van der Waals surface area contributed by atoms with Crippen LogP contribution in [0.3, 0.4) is 0 Å². The van der Waals surface area contributed by atoms with E-state index in [2.05, 4.69) is 5.10 Å². The lowest BCUT2D eigenvalue weighted by molar-refractivity contribution is -0.132. The van der Waals surface area contributed by atoms with Crippen LogP contribution in [0, 0.1) is 6.92 Å². The van der Waals surface area contributed by atoms with Gasteiger partial charge in [-0.3, -0.25) is 9.20 Å². The molecule has 0 saturated carbocycles. The lowest BCUT2D eigenvalue weighted by Crippen LogP contribution is -2.35. The van der Waals surface area contributed by atoms with E-state index in [0.29, 0.717) is 5.65 Å². The molecule has 0 saturated heterocycles. The molecule has 0 aliphatic carbocycles. The Morgan fingerprint density at radius 3 is 2.58 bits per heavy atom. The van der Waals surface area contributed by atoms with Crippen LogP contribution in [-0.2, 0) is 11.3 Å². The maximum absolute atomic E-state index is 12.5. The van der Waals surface area contributed by atoms with Crippen LogP contribution in [0.25, 0.3) is 5.65 Å². The summed E-state index contributed by atoms with van der Waals surface area (Å²) in [5.41, 5.74) is 2.45. The molecular weight excluding hydrogens is 304 g/mol. The number of hydrogen-bond donors (Lipinski definition) is 0. The van der Waals surface area contributed by atoms with Gasteiger partial charge in [0, 0.05) is 13.2 Å². The van der Waals surface area contributed by atoms with Crippen LogP contribution < -0.4 is 5.69 Å². The van der Waals surface area contributed by atoms with Crippen LogP contribution in [0.4, 0.5) is 0 Å². The van der Waals surface area contributed by atoms with Gasteiger partial charge in [-0.1, -0.05) is 35.9 Å². The SMILES string of the molecule is Cc1ccc(C(C)N(C)C(=O)Cn2nc3ccccn3c2=O)cc1. The van der Waals surface area contributed by atoms with Gasteiger partial charge in [0.1, 0.15) is 6.54 Å². The molecule has 2 heterocycles. The zero-order valence-electron chi connectivity index (χ0n) is 14.0. The summed E-state index contributed by atoms with van der Waals surface area (Å²) in [6, 6.07) is 13.3. The summed E-state index contributed by atoms with van der Waals surface area (Å²) in [7, 11) is 1.74. The Bertz CT molecular complexity index is 924. The Hall–Kier alpha value is -2.89. The van der Waals surface area contributed by atoms with E-state index >= 15 is 0 Å². The summed E-state index contributed by atoms with van der Waals surface area (Å²) in [6.45, 7) is 3.92. The predicted octanol–water partition coefficient (Wildman–Crippen LogP) is 2.02. The minimum absolute atomic E-state index is 0.0762. The van der Waals surface area contributed by atoms with Gasteiger partial charge in [0.15, 0.2) is 5.65 Å². The van der Waals surface area contributed by atoms with Gasteiger partial charge in [0.25, 0.3) is 0 Å². The summed E-state index contributed by atoms with van der Waals surface area (Å²) >= 11 is 0. The summed E-state index contributed by atoms with van der Waals surface area (Å²) in [4.78, 5) is 26.4. The topological polar surface area (TPSA) is 59.6 Å². The van der Waals surface area contributed by atoms with Crippen molar-refractivity contribution in [1.82, 2.24) is 19.1 Å². The summed E-state index contributed by atoms with van der Waals surface area (Å²) in [5.74, 6) is -0.159. The van der Waals surface area contributed by atoms with Crippen molar-refractivity contribution in [2.45, 2.75) is 26.4 Å². The van der Waals surface area contributed by atoms with Crippen LogP contribution in [0.5, 0.6) is 0 Å². The minimum Gasteiger partial charge on any atom is -0.337 e. The predicted molar refractivity (Wildman–Crippen MR) is 91.8 cm³/mol. The standard InChI is InChI=1S/C18H20N4O2/c1-13-7-9-15(10-8-13)14(2)20(3)17(23)12-22-18(24)21-11-5-4-6-16(21)19-22/h4-11,14H,12H2,1-3H3. The van der Waals surface area contributed by atoms with Crippen molar-refractivity contribution >= 4 is 11.6 Å². The van der Waals surface area contributed by atoms with Crippen molar-refractivity contribution in [1.29, 1.82) is 0 Å². The fraction of sp³-hybridized carbons (Fsp3) is 0.278. The smallest absolute Gasteiger partial charge is 0.337 e. The largest absolute Gasteiger partial charge is 0.350 e. The molecule has 0 spiro atoms. The minimum atomic E-state index is -0.310. The second-order valence-corrected chi connectivity index (χ2v) is 5.96. The number of carbonyl (C=O) groups excluding carboxylic acids is 1. The number of fused-ring (bicyclic) bond motifs is 1. The third-order valence-electron chi connectivity index (χ3n) is 4.31. The average molecular weight is 324 g/mol. The second kappa shape index (κ2) is 6.31. The zero-order chi connectivity index (χ0) is 17.3. The van der Waals surface area contributed by atoms with E-state index in [1.54, 1.807) is 36.3 Å². The molecule has 0 bridgehead atoms. The van der Waals surface area contributed by atoms with Crippen molar-refractivity contribution in [3.8, 4) is 0 Å². The number of benzene rings is 1. The van der Waals surface area contributed by atoms with Crippen LogP contribution in [-0.4, -0.2) is 32.0 Å². The third-order valence-corrected chi connectivity index (χ3v) is 4.31. The molecule has 0 fully saturated rings. The molecule has 0 aliphatic heterocycles. The van der Waals surface area contributed by atoms with Gasteiger partial charge < -0.3 is 4.90 Å². The molecule has 24 heavy (non-hydrogen) atoms. The van der Waals surface area contributed by atoms with Crippen LogP contribution in [0.1, 0.15) is 24.1 Å². The molecule has 2 aromatic heterocycles. The maximum Gasteiger partial charge on any atom is 0.350 e. The van der Waals surface area contributed by atoms with E-state index in [1.807, 2.05) is 38.1 Å². The van der Waals surface area contributed by atoms with Crippen molar-refractivity contribution in [2.75, 3.05) is 7.05 Å². The Morgan fingerprint density at radius 2 is 1.92 bits per heavy atom. The number of nitrogens with zero attached hydrogens (tertiary/aromatic N) is 4. The van der Waals surface area contributed by atoms with Gasteiger partial charge in [-0.25, -0.2) is 9.48 Å². The lowest BCUT2D eigenvalue weighted by Gasteiger charge is -2.25. The lowest BCUT2D eigenvalue weighted by atomic mass is 10.1. The molecule has 3 aromatic rings. The number of hydrogen-bond acceptors (Lipinski definition) is 3. The average Bonchev–Trinajstić information content (AvgIpc) is 2.90. The molecular formula is C18H20N4O2. The number of pyridine rings is 1. The molecule has 1 amide bonds. The Balaban J connectivity index is 1.79. The van der Waals surface area contributed by atoms with E-state index in [0.717, 1.165) is 5.56 Å². The number of amides is 1. The molecule has 0 N–H and O–H groups in total. The van der Waals surface area contributed by atoms with Crippen LogP contribution in [0.15, 0.2) is 53.5 Å². The molecule has 3 rings (SSSR count). The fourth-order valence-electron chi connectivity index (χ4n) is 2.60. The summed E-state index contributed by atoms with van der Waals surface area (Å²) in [6.07, 6.45) is 1.64. The number of aryl methyl sites for hydroxylation is 1. The molecule has 124 valence electrons. The van der Waals surface area contributed by atoms with Crippen molar-refractivity contribution in [3.63, 3.8) is 0 Å². The highest BCUT2D eigenvalue weighted by molar-refractivity contribution is 5.76. The van der Waals surface area contributed by atoms with Gasteiger partial charge in [0.2, 0.25) is 5.91 Å². The van der Waals surface area contributed by atoms with Crippen LogP contribution >= 0.6 is 0 Å². The van der Waals surface area contributed by atoms with Crippen molar-refractivity contribution < 1.29 is 4.79 Å². The normalized spacial score (nSPS) is 12.3. The maximum atomic E-state index is 12.5. The first-order valence-corrected chi connectivity index (χ1v) is 7.84. The monoisotopic (exact) mass is 324 g/mol.